The Kier molecular flexibility index (Phi) is 21.0. The molecule has 3 fully saturated rings. The quantitative estimate of drug-likeness (QED) is 0.160. The second-order valence-corrected chi connectivity index (χ2v) is 19.9. The highest BCUT2D eigenvalue weighted by Crippen LogP contribution is 2.36. The van der Waals surface area contributed by atoms with Gasteiger partial charge in [-0.1, -0.05) is 57.2 Å². The zero-order valence-corrected chi connectivity index (χ0v) is 40.6. The summed E-state index contributed by atoms with van der Waals surface area (Å²) >= 11 is 0. The van der Waals surface area contributed by atoms with Crippen molar-refractivity contribution in [2.45, 2.75) is 186 Å². The summed E-state index contributed by atoms with van der Waals surface area (Å²) in [5.41, 5.74) is 0.103. The minimum absolute atomic E-state index is 0.0203. The summed E-state index contributed by atoms with van der Waals surface area (Å²) in [4.78, 5) is 71.9. The Bertz CT molecular complexity index is 1750. The van der Waals surface area contributed by atoms with Crippen molar-refractivity contribution in [3.63, 3.8) is 0 Å². The van der Waals surface area contributed by atoms with E-state index >= 15 is 0 Å². The van der Waals surface area contributed by atoms with Gasteiger partial charge in [0, 0.05) is 52.0 Å². The van der Waals surface area contributed by atoms with Crippen molar-refractivity contribution in [1.82, 2.24) is 4.90 Å². The maximum absolute atomic E-state index is 14.4. The summed E-state index contributed by atoms with van der Waals surface area (Å²) < 4.78 is 29.4. The second kappa shape index (κ2) is 25.1. The normalized spacial score (nSPS) is 38.9. The Morgan fingerprint density at radius 2 is 1.54 bits per heavy atom. The molecule has 14 nitrogen and oxygen atoms in total. The number of hydrogen-bond donors (Lipinski definition) is 3. The van der Waals surface area contributed by atoms with E-state index in [1.165, 1.54) is 12.0 Å². The number of ketones is 3. The fraction of sp³-hybridized carbons (Fsp3) is 0.745. The summed E-state index contributed by atoms with van der Waals surface area (Å²) in [6, 6.07) is -1.10. The lowest BCUT2D eigenvalue weighted by Gasteiger charge is -2.38. The number of aliphatic hydroxyl groups excluding tert-OH is 3. The van der Waals surface area contributed by atoms with Gasteiger partial charge in [0.05, 0.1) is 30.5 Å². The number of Topliss-reactive ketones (excluding diaryl/α,β-unsaturated/α-hetero) is 3. The number of aliphatic hydroxyl groups is 3. The predicted octanol–water partition coefficient (Wildman–Crippen LogP) is 5.98. The van der Waals surface area contributed by atoms with Crippen LogP contribution in [0.25, 0.3) is 0 Å². The lowest BCUT2D eigenvalue weighted by atomic mass is 9.77. The number of allylic oxidation sites excluding steroid dienone is 6. The van der Waals surface area contributed by atoms with Gasteiger partial charge in [-0.05, 0) is 121 Å². The van der Waals surface area contributed by atoms with Crippen molar-refractivity contribution < 1.29 is 63.0 Å². The highest BCUT2D eigenvalue weighted by molar-refractivity contribution is 6.38. The third-order valence-corrected chi connectivity index (χ3v) is 14.2. The van der Waals surface area contributed by atoms with Crippen LogP contribution in [0.4, 0.5) is 0 Å². The van der Waals surface area contributed by atoms with Crippen LogP contribution in [0.3, 0.4) is 0 Å². The standard InChI is InChI=1S/C51H79NO13/c1-30-16-12-11-13-17-31(2)40(61-8)27-36-20-22-39(54)47(64-36)46(58)49(59)52-23-15-14-18-37(52)50(60)65-41(32(3)25-35-19-21-38(53)42(26-35)62-9)28-43(55)51(6,7)29-34(5)45(57)48(63-10)44(56)33(4)24-30/h11-13,16-17,29-30,32-33,35-42,45,47-48,53-54,57H,14-15,18-28H2,1-10H3/b13-11+,16-12+,31-17+,34-29+/t30-,32-,33-,35+,36+,37+,38-,39-,40+,41+,42-,45-,47?,48+/m1/s1. The monoisotopic (exact) mass is 914 g/mol. The number of hydrogen-bond acceptors (Lipinski definition) is 13. The minimum Gasteiger partial charge on any atom is -0.460 e. The summed E-state index contributed by atoms with van der Waals surface area (Å²) in [6.07, 6.45) is 8.60. The number of carbonyl (C=O) groups is 5. The van der Waals surface area contributed by atoms with Gasteiger partial charge in [-0.2, -0.15) is 0 Å². The van der Waals surface area contributed by atoms with Crippen molar-refractivity contribution in [1.29, 1.82) is 0 Å². The summed E-state index contributed by atoms with van der Waals surface area (Å²) in [7, 11) is 4.54. The number of cyclic esters (lactones) is 1. The highest BCUT2D eigenvalue weighted by atomic mass is 16.5. The van der Waals surface area contributed by atoms with E-state index < -0.39 is 77.8 Å². The molecule has 0 radical (unpaired) electrons. The summed E-state index contributed by atoms with van der Waals surface area (Å²) in [5, 5.41) is 33.0. The Hall–Kier alpha value is -3.37. The number of fused-ring (bicyclic) bond motifs is 3. The Morgan fingerprint density at radius 3 is 2.22 bits per heavy atom. The topological polar surface area (TPSA) is 195 Å². The third kappa shape index (κ3) is 14.8. The molecule has 3 N–H and O–H groups in total. The number of amides is 1. The molecule has 1 unspecified atom stereocenters. The average molecular weight is 914 g/mol. The summed E-state index contributed by atoms with van der Waals surface area (Å²) in [5.74, 6) is -3.77. The highest BCUT2D eigenvalue weighted by Gasteiger charge is 2.45. The average Bonchev–Trinajstić information content (AvgIpc) is 3.27. The Balaban J connectivity index is 1.71. The molecule has 366 valence electrons. The van der Waals surface area contributed by atoms with E-state index in [0.29, 0.717) is 56.9 Å². The van der Waals surface area contributed by atoms with Crippen LogP contribution >= 0.6 is 0 Å². The van der Waals surface area contributed by atoms with E-state index in [2.05, 4.69) is 0 Å². The molecular weight excluding hydrogens is 835 g/mol. The SMILES string of the molecule is CO[C@H]1C[C@@H]2CC[C@@H](O)C(O2)C(=O)C(=O)N2CCCC[C@H]2C(=O)O[C@H]([C@H](C)C[C@@H]2CC[C@@H](O)[C@H](OC)C2)CC(=O)C(C)(C)/C=C(\C)[C@@H](O)[C@@H](OC)C(=O)[C@H](C)C[C@H](C)/C=C/C=C/C=C/1C. The molecule has 3 aliphatic heterocycles. The van der Waals surface area contributed by atoms with Crippen molar-refractivity contribution in [2.75, 3.05) is 27.9 Å². The van der Waals surface area contributed by atoms with Gasteiger partial charge < -0.3 is 43.9 Å². The first-order valence-corrected chi connectivity index (χ1v) is 23.8. The smallest absolute Gasteiger partial charge is 0.329 e. The van der Waals surface area contributed by atoms with E-state index in [1.807, 2.05) is 58.1 Å². The van der Waals surface area contributed by atoms with Crippen LogP contribution in [0.1, 0.15) is 126 Å². The number of methoxy groups -OCH3 is 3. The molecule has 4 rings (SSSR count). The number of ether oxygens (including phenoxy) is 5. The van der Waals surface area contributed by atoms with E-state index in [1.54, 1.807) is 41.1 Å². The number of nitrogens with zero attached hydrogens (tertiary/aromatic N) is 1. The lowest BCUT2D eigenvalue weighted by molar-refractivity contribution is -0.173. The number of piperidine rings is 1. The van der Waals surface area contributed by atoms with E-state index in [-0.39, 0.29) is 67.3 Å². The van der Waals surface area contributed by atoms with Gasteiger partial charge in [-0.15, -0.1) is 0 Å². The predicted molar refractivity (Wildman–Crippen MR) is 245 cm³/mol. The van der Waals surface area contributed by atoms with E-state index in [4.69, 9.17) is 23.7 Å². The number of esters is 1. The molecule has 0 aromatic heterocycles. The molecule has 14 atom stereocenters. The van der Waals surface area contributed by atoms with Crippen LogP contribution in [0, 0.1) is 29.1 Å². The van der Waals surface area contributed by atoms with Crippen LogP contribution < -0.4 is 0 Å². The zero-order valence-electron chi connectivity index (χ0n) is 40.6. The van der Waals surface area contributed by atoms with Crippen molar-refractivity contribution in [3.05, 3.63) is 47.6 Å². The molecule has 1 saturated carbocycles. The Morgan fingerprint density at radius 1 is 0.831 bits per heavy atom. The lowest BCUT2D eigenvalue weighted by Crippen LogP contribution is -2.56. The molecule has 0 spiro atoms. The second-order valence-electron chi connectivity index (χ2n) is 19.9. The van der Waals surface area contributed by atoms with Gasteiger partial charge in [0.1, 0.15) is 30.1 Å². The van der Waals surface area contributed by atoms with Gasteiger partial charge in [0.15, 0.2) is 11.9 Å². The molecule has 14 heteroatoms. The first-order chi connectivity index (χ1) is 30.7. The Labute approximate surface area is 387 Å². The molecule has 4 aliphatic rings. The number of carbonyl (C=O) groups excluding carboxylic acids is 5. The van der Waals surface area contributed by atoms with Crippen LogP contribution in [0.15, 0.2) is 47.6 Å². The molecule has 65 heavy (non-hydrogen) atoms. The van der Waals surface area contributed by atoms with Crippen LogP contribution in [-0.4, -0.2) is 138 Å². The van der Waals surface area contributed by atoms with Gasteiger partial charge >= 0.3 is 5.97 Å². The van der Waals surface area contributed by atoms with Gasteiger partial charge in [-0.25, -0.2) is 4.79 Å². The van der Waals surface area contributed by atoms with Crippen LogP contribution in [0.2, 0.25) is 0 Å². The first kappa shape index (κ1) is 54.2. The molecule has 2 saturated heterocycles. The number of rotatable bonds is 6. The molecule has 0 aromatic rings. The molecule has 3 heterocycles. The van der Waals surface area contributed by atoms with Crippen molar-refractivity contribution in [2.24, 2.45) is 29.1 Å². The minimum atomic E-state index is -1.42. The fourth-order valence-electron chi connectivity index (χ4n) is 10.1. The van der Waals surface area contributed by atoms with E-state index in [9.17, 15) is 39.3 Å². The maximum atomic E-state index is 14.4. The molecule has 0 aromatic carbocycles. The maximum Gasteiger partial charge on any atom is 0.329 e. The van der Waals surface area contributed by atoms with Gasteiger partial charge in [-0.3, -0.25) is 19.2 Å². The summed E-state index contributed by atoms with van der Waals surface area (Å²) in [6.45, 7) is 12.9. The van der Waals surface area contributed by atoms with Crippen molar-refractivity contribution >= 4 is 29.2 Å². The fourth-order valence-corrected chi connectivity index (χ4v) is 10.1. The molecule has 2 bridgehead atoms. The van der Waals surface area contributed by atoms with Crippen LogP contribution in [-0.2, 0) is 47.7 Å². The van der Waals surface area contributed by atoms with Crippen molar-refractivity contribution in [3.8, 4) is 0 Å². The zero-order chi connectivity index (χ0) is 48.2. The molecular formula is C51H79NO13. The van der Waals surface area contributed by atoms with Crippen LogP contribution in [0.5, 0.6) is 0 Å². The van der Waals surface area contributed by atoms with Gasteiger partial charge in [0.2, 0.25) is 0 Å². The molecule has 1 aliphatic carbocycles. The van der Waals surface area contributed by atoms with E-state index in [0.717, 1.165) is 12.0 Å². The third-order valence-electron chi connectivity index (χ3n) is 14.2. The first-order valence-electron chi connectivity index (χ1n) is 23.8. The largest absolute Gasteiger partial charge is 0.460 e. The van der Waals surface area contributed by atoms with Gasteiger partial charge in [0.25, 0.3) is 11.7 Å². The molecule has 1 amide bonds.